The van der Waals surface area contributed by atoms with Crippen molar-refractivity contribution in [2.24, 2.45) is 0 Å². The highest BCUT2D eigenvalue weighted by Gasteiger charge is 2.49. The van der Waals surface area contributed by atoms with Crippen LogP contribution in [0.2, 0.25) is 0 Å². The van der Waals surface area contributed by atoms with E-state index in [0.29, 0.717) is 18.4 Å². The average molecular weight is 486 g/mol. The number of benzene rings is 1. The number of halogens is 1. The van der Waals surface area contributed by atoms with Crippen LogP contribution < -0.4 is 10.6 Å². The lowest BCUT2D eigenvalue weighted by Crippen LogP contribution is -2.58. The second kappa shape index (κ2) is 9.79. The molecule has 2 aromatic rings. The lowest BCUT2D eigenvalue weighted by atomic mass is 9.96. The minimum atomic E-state index is -0.907. The molecule has 1 saturated heterocycles. The summed E-state index contributed by atoms with van der Waals surface area (Å²) in [7, 11) is 3.16. The third kappa shape index (κ3) is 4.43. The summed E-state index contributed by atoms with van der Waals surface area (Å²) in [5.74, 6) is -1.10. The minimum Gasteiger partial charge on any atom is -0.379 e. The van der Waals surface area contributed by atoms with Gasteiger partial charge in [0.2, 0.25) is 17.7 Å². The van der Waals surface area contributed by atoms with Gasteiger partial charge in [0, 0.05) is 55.0 Å². The number of hydrogen-bond donors (Lipinski definition) is 3. The van der Waals surface area contributed by atoms with Crippen LogP contribution in [0.1, 0.15) is 32.8 Å². The fraction of sp³-hybridized carbons (Fsp3) is 0.480. The smallest absolute Gasteiger partial charge is 0.248 e. The molecule has 188 valence electrons. The van der Waals surface area contributed by atoms with Crippen molar-refractivity contribution in [3.8, 4) is 0 Å². The van der Waals surface area contributed by atoms with Crippen LogP contribution in [0.5, 0.6) is 0 Å². The maximum atomic E-state index is 14.1. The van der Waals surface area contributed by atoms with E-state index in [0.717, 1.165) is 16.7 Å². The molecule has 2 aliphatic rings. The van der Waals surface area contributed by atoms with Crippen molar-refractivity contribution in [3.05, 3.63) is 42.0 Å². The van der Waals surface area contributed by atoms with Gasteiger partial charge in [-0.25, -0.2) is 4.39 Å². The summed E-state index contributed by atoms with van der Waals surface area (Å²) in [6, 6.07) is 2.43. The molecule has 1 aromatic carbocycles. The SMILES string of the molecule is CNC(C)C(=O)NC(C(=O)N1CCC2C1C(c1c[nH]c3ccc(F)cc13)=CN2C(C)=O)C(C)OC. The van der Waals surface area contributed by atoms with E-state index in [2.05, 4.69) is 15.6 Å². The van der Waals surface area contributed by atoms with Gasteiger partial charge in [-0.1, -0.05) is 0 Å². The standard InChI is InChI=1S/C25H32FN5O4/c1-13(27-4)24(33)29-22(14(2)35-5)25(34)30-9-8-21-23(30)19(12-31(21)15(3)32)18-11-28-20-7-6-16(26)10-17(18)20/h6-7,10-14,21-23,27-28H,8-9H2,1-5H3,(H,29,33). The number of hydrogen-bond acceptors (Lipinski definition) is 5. The second-order valence-electron chi connectivity index (χ2n) is 9.17. The van der Waals surface area contributed by atoms with Crippen LogP contribution >= 0.6 is 0 Å². The fourth-order valence-electron chi connectivity index (χ4n) is 5.00. The number of aromatic nitrogens is 1. The number of methoxy groups -OCH3 is 1. The highest BCUT2D eigenvalue weighted by atomic mass is 19.1. The van der Waals surface area contributed by atoms with Crippen LogP contribution in [0.4, 0.5) is 4.39 Å². The largest absolute Gasteiger partial charge is 0.379 e. The first-order valence-electron chi connectivity index (χ1n) is 11.8. The molecule has 9 nitrogen and oxygen atoms in total. The molecule has 0 bridgehead atoms. The van der Waals surface area contributed by atoms with Gasteiger partial charge in [-0.3, -0.25) is 14.4 Å². The molecule has 0 saturated carbocycles. The van der Waals surface area contributed by atoms with Crippen LogP contribution in [0, 0.1) is 5.82 Å². The Hall–Kier alpha value is -3.24. The summed E-state index contributed by atoms with van der Waals surface area (Å²) in [5.41, 5.74) is 2.25. The zero-order valence-corrected chi connectivity index (χ0v) is 20.6. The van der Waals surface area contributed by atoms with Crippen LogP contribution in [0.15, 0.2) is 30.6 Å². The molecule has 10 heteroatoms. The van der Waals surface area contributed by atoms with Crippen molar-refractivity contribution in [2.75, 3.05) is 20.7 Å². The summed E-state index contributed by atoms with van der Waals surface area (Å²) in [6.07, 6.45) is 3.56. The predicted octanol–water partition coefficient (Wildman–Crippen LogP) is 1.61. The van der Waals surface area contributed by atoms with Crippen molar-refractivity contribution < 1.29 is 23.5 Å². The van der Waals surface area contributed by atoms with Gasteiger partial charge in [-0.05, 0) is 45.5 Å². The molecule has 1 aromatic heterocycles. The molecular formula is C25H32FN5O4. The normalized spacial score (nSPS) is 22.1. The molecule has 3 heterocycles. The monoisotopic (exact) mass is 485 g/mol. The Morgan fingerprint density at radius 2 is 2.00 bits per heavy atom. The van der Waals surface area contributed by atoms with E-state index in [1.54, 1.807) is 49.2 Å². The number of H-pyrrole nitrogens is 1. The molecule has 5 atom stereocenters. The Kier molecular flexibility index (Phi) is 6.95. The summed E-state index contributed by atoms with van der Waals surface area (Å²) in [6.45, 7) is 5.34. The molecular weight excluding hydrogens is 453 g/mol. The number of carbonyl (C=O) groups is 3. The average Bonchev–Trinajstić information content (AvgIpc) is 3.54. The number of fused-ring (bicyclic) bond motifs is 2. The Morgan fingerprint density at radius 3 is 2.66 bits per heavy atom. The predicted molar refractivity (Wildman–Crippen MR) is 130 cm³/mol. The first-order valence-corrected chi connectivity index (χ1v) is 11.8. The summed E-state index contributed by atoms with van der Waals surface area (Å²) < 4.78 is 19.5. The van der Waals surface area contributed by atoms with E-state index < -0.39 is 24.2 Å². The fourth-order valence-corrected chi connectivity index (χ4v) is 5.00. The van der Waals surface area contributed by atoms with E-state index in [9.17, 15) is 18.8 Å². The van der Waals surface area contributed by atoms with Gasteiger partial charge < -0.3 is 30.2 Å². The lowest BCUT2D eigenvalue weighted by molar-refractivity contribution is -0.140. The van der Waals surface area contributed by atoms with Crippen molar-refractivity contribution in [1.82, 2.24) is 25.4 Å². The van der Waals surface area contributed by atoms with Gasteiger partial charge in [0.05, 0.1) is 24.2 Å². The van der Waals surface area contributed by atoms with E-state index in [-0.39, 0.29) is 29.6 Å². The topological polar surface area (TPSA) is 107 Å². The Balaban J connectivity index is 1.72. The van der Waals surface area contributed by atoms with Crippen molar-refractivity contribution in [2.45, 2.75) is 57.5 Å². The van der Waals surface area contributed by atoms with E-state index >= 15 is 0 Å². The Morgan fingerprint density at radius 1 is 1.26 bits per heavy atom. The number of likely N-dealkylation sites (N-methyl/N-ethyl adjacent to an activating group) is 1. The third-order valence-corrected chi connectivity index (χ3v) is 7.15. The number of nitrogens with zero attached hydrogens (tertiary/aromatic N) is 2. The van der Waals surface area contributed by atoms with Gasteiger partial charge in [0.15, 0.2) is 0 Å². The molecule has 3 N–H and O–H groups in total. The van der Waals surface area contributed by atoms with Gasteiger partial charge in [-0.2, -0.15) is 0 Å². The Bertz CT molecular complexity index is 1180. The highest BCUT2D eigenvalue weighted by molar-refractivity contribution is 5.98. The quantitative estimate of drug-likeness (QED) is 0.553. The first kappa shape index (κ1) is 24.9. The molecule has 0 spiro atoms. The molecule has 3 amide bonds. The van der Waals surface area contributed by atoms with E-state index in [4.69, 9.17) is 4.74 Å². The van der Waals surface area contributed by atoms with Gasteiger partial charge in [0.1, 0.15) is 11.9 Å². The summed E-state index contributed by atoms with van der Waals surface area (Å²) in [5, 5.41) is 6.37. The number of amides is 3. The number of rotatable bonds is 7. The molecule has 2 aliphatic heterocycles. The van der Waals surface area contributed by atoms with Crippen molar-refractivity contribution >= 4 is 34.2 Å². The number of likely N-dealkylation sites (tertiary alicyclic amines) is 1. The van der Waals surface area contributed by atoms with Crippen molar-refractivity contribution in [3.63, 3.8) is 0 Å². The zero-order chi connectivity index (χ0) is 25.4. The molecule has 0 radical (unpaired) electrons. The highest BCUT2D eigenvalue weighted by Crippen LogP contribution is 2.42. The van der Waals surface area contributed by atoms with Crippen LogP contribution in [-0.4, -0.2) is 83.5 Å². The Labute approximate surface area is 203 Å². The number of carbonyl (C=O) groups excluding carboxylic acids is 3. The van der Waals surface area contributed by atoms with E-state index in [1.807, 2.05) is 0 Å². The van der Waals surface area contributed by atoms with Gasteiger partial charge in [-0.15, -0.1) is 0 Å². The molecule has 4 rings (SSSR count). The first-order chi connectivity index (χ1) is 16.7. The second-order valence-corrected chi connectivity index (χ2v) is 9.17. The van der Waals surface area contributed by atoms with Crippen LogP contribution in [-0.2, 0) is 19.1 Å². The van der Waals surface area contributed by atoms with Gasteiger partial charge >= 0.3 is 0 Å². The zero-order valence-electron chi connectivity index (χ0n) is 20.6. The lowest BCUT2D eigenvalue weighted by Gasteiger charge is -2.33. The van der Waals surface area contributed by atoms with Crippen LogP contribution in [0.3, 0.4) is 0 Å². The number of aromatic amines is 1. The third-order valence-electron chi connectivity index (χ3n) is 7.15. The minimum absolute atomic E-state index is 0.131. The molecule has 0 aliphatic carbocycles. The number of ether oxygens (including phenoxy) is 1. The molecule has 35 heavy (non-hydrogen) atoms. The maximum absolute atomic E-state index is 14.1. The maximum Gasteiger partial charge on any atom is 0.248 e. The summed E-state index contributed by atoms with van der Waals surface area (Å²) >= 11 is 0. The van der Waals surface area contributed by atoms with Crippen LogP contribution in [0.25, 0.3) is 16.5 Å². The van der Waals surface area contributed by atoms with Gasteiger partial charge in [0.25, 0.3) is 0 Å². The number of nitrogens with one attached hydrogen (secondary N) is 3. The molecule has 5 unspecified atom stereocenters. The van der Waals surface area contributed by atoms with E-state index in [1.165, 1.54) is 26.2 Å². The van der Waals surface area contributed by atoms with Crippen molar-refractivity contribution in [1.29, 1.82) is 0 Å². The summed E-state index contributed by atoms with van der Waals surface area (Å²) in [4.78, 5) is 45.5. The molecule has 1 fully saturated rings.